The van der Waals surface area contributed by atoms with E-state index in [2.05, 4.69) is 43.3 Å². The molecule has 2 heteroatoms. The van der Waals surface area contributed by atoms with Gasteiger partial charge in [-0.2, -0.15) is 0 Å². The molecule has 0 bridgehead atoms. The van der Waals surface area contributed by atoms with E-state index in [1.54, 1.807) is 0 Å². The Labute approximate surface area is 145 Å². The minimum Gasteiger partial charge on any atom is -0.481 e. The first-order valence-electron chi connectivity index (χ1n) is 9.09. The maximum absolute atomic E-state index is 11.0. The number of hydrogen-bond donors (Lipinski definition) is 1. The highest BCUT2D eigenvalue weighted by molar-refractivity contribution is 5.72. The molecule has 2 aromatic rings. The van der Waals surface area contributed by atoms with E-state index in [-0.39, 0.29) is 6.42 Å². The molecule has 0 amide bonds. The highest BCUT2D eigenvalue weighted by Crippen LogP contribution is 2.26. The Kier molecular flexibility index (Phi) is 7.54. The average Bonchev–Trinajstić information content (AvgIpc) is 2.58. The van der Waals surface area contributed by atoms with Gasteiger partial charge in [0.25, 0.3) is 0 Å². The number of hydrogen-bond acceptors (Lipinski definition) is 1. The SMILES string of the molecule is CCCCCCCCc1cc(CC(=O)O)ccc1-c1ccccc1. The topological polar surface area (TPSA) is 37.3 Å². The summed E-state index contributed by atoms with van der Waals surface area (Å²) in [5.74, 6) is -0.770. The lowest BCUT2D eigenvalue weighted by Gasteiger charge is -2.12. The van der Waals surface area contributed by atoms with Crippen LogP contribution in [0.1, 0.15) is 56.6 Å². The van der Waals surface area contributed by atoms with E-state index < -0.39 is 5.97 Å². The molecule has 0 saturated carbocycles. The van der Waals surface area contributed by atoms with E-state index >= 15 is 0 Å². The minimum absolute atomic E-state index is 0.0958. The van der Waals surface area contributed by atoms with E-state index in [4.69, 9.17) is 5.11 Å². The number of benzene rings is 2. The van der Waals surface area contributed by atoms with Gasteiger partial charge in [-0.05, 0) is 35.1 Å². The number of rotatable bonds is 10. The van der Waals surface area contributed by atoms with E-state index in [0.29, 0.717) is 0 Å². The first-order valence-corrected chi connectivity index (χ1v) is 9.09. The number of carbonyl (C=O) groups is 1. The molecule has 0 atom stereocenters. The van der Waals surface area contributed by atoms with Gasteiger partial charge in [-0.25, -0.2) is 0 Å². The number of unbranched alkanes of at least 4 members (excludes halogenated alkanes) is 5. The van der Waals surface area contributed by atoms with Crippen LogP contribution < -0.4 is 0 Å². The first-order chi connectivity index (χ1) is 11.7. The molecule has 0 aliphatic heterocycles. The van der Waals surface area contributed by atoms with Gasteiger partial charge in [0.15, 0.2) is 0 Å². The van der Waals surface area contributed by atoms with Gasteiger partial charge >= 0.3 is 5.97 Å². The van der Waals surface area contributed by atoms with Crippen molar-refractivity contribution < 1.29 is 9.90 Å². The van der Waals surface area contributed by atoms with Gasteiger partial charge in [-0.15, -0.1) is 0 Å². The summed E-state index contributed by atoms with van der Waals surface area (Å²) in [4.78, 5) is 11.0. The van der Waals surface area contributed by atoms with Crippen molar-refractivity contribution in [3.63, 3.8) is 0 Å². The Hall–Kier alpha value is -2.09. The van der Waals surface area contributed by atoms with Crippen molar-refractivity contribution >= 4 is 5.97 Å². The molecule has 0 saturated heterocycles. The van der Waals surface area contributed by atoms with Crippen molar-refractivity contribution in [2.24, 2.45) is 0 Å². The van der Waals surface area contributed by atoms with Crippen LogP contribution in [0.2, 0.25) is 0 Å². The Morgan fingerprint density at radius 1 is 0.917 bits per heavy atom. The third-order valence-electron chi connectivity index (χ3n) is 4.41. The molecular weight excluding hydrogens is 296 g/mol. The Balaban J connectivity index is 2.10. The van der Waals surface area contributed by atoms with Crippen LogP contribution in [0.4, 0.5) is 0 Å². The second-order valence-corrected chi connectivity index (χ2v) is 6.45. The Morgan fingerprint density at radius 3 is 2.33 bits per heavy atom. The van der Waals surface area contributed by atoms with E-state index in [1.807, 2.05) is 12.1 Å². The molecule has 0 aliphatic carbocycles. The summed E-state index contributed by atoms with van der Waals surface area (Å²) in [6.07, 6.45) is 8.74. The summed E-state index contributed by atoms with van der Waals surface area (Å²) < 4.78 is 0. The van der Waals surface area contributed by atoms with Crippen molar-refractivity contribution in [1.82, 2.24) is 0 Å². The largest absolute Gasteiger partial charge is 0.481 e. The molecule has 0 heterocycles. The molecule has 1 N–H and O–H groups in total. The zero-order valence-electron chi connectivity index (χ0n) is 14.6. The van der Waals surface area contributed by atoms with Crippen LogP contribution in [0.25, 0.3) is 11.1 Å². The maximum Gasteiger partial charge on any atom is 0.307 e. The van der Waals surface area contributed by atoms with Crippen molar-refractivity contribution in [3.05, 3.63) is 59.7 Å². The zero-order valence-corrected chi connectivity index (χ0v) is 14.6. The highest BCUT2D eigenvalue weighted by atomic mass is 16.4. The smallest absolute Gasteiger partial charge is 0.307 e. The first kappa shape index (κ1) is 18.3. The predicted octanol–water partition coefficient (Wildman–Crippen LogP) is 5.88. The monoisotopic (exact) mass is 324 g/mol. The van der Waals surface area contributed by atoms with Crippen LogP contribution in [0.3, 0.4) is 0 Å². The lowest BCUT2D eigenvalue weighted by molar-refractivity contribution is -0.136. The lowest BCUT2D eigenvalue weighted by Crippen LogP contribution is -2.01. The molecular formula is C22H28O2. The van der Waals surface area contributed by atoms with Gasteiger partial charge < -0.3 is 5.11 Å². The summed E-state index contributed by atoms with van der Waals surface area (Å²) in [7, 11) is 0. The summed E-state index contributed by atoms with van der Waals surface area (Å²) in [5, 5.41) is 9.04. The maximum atomic E-state index is 11.0. The van der Waals surface area contributed by atoms with Crippen LogP contribution in [0.15, 0.2) is 48.5 Å². The van der Waals surface area contributed by atoms with Crippen molar-refractivity contribution in [1.29, 1.82) is 0 Å². The van der Waals surface area contributed by atoms with Crippen molar-refractivity contribution in [3.8, 4) is 11.1 Å². The molecule has 0 aromatic heterocycles. The molecule has 2 nitrogen and oxygen atoms in total. The molecule has 128 valence electrons. The fourth-order valence-corrected chi connectivity index (χ4v) is 3.13. The van der Waals surface area contributed by atoms with Crippen LogP contribution in [-0.2, 0) is 17.6 Å². The Morgan fingerprint density at radius 2 is 1.62 bits per heavy atom. The van der Waals surface area contributed by atoms with Crippen LogP contribution >= 0.6 is 0 Å². The number of aliphatic carboxylic acids is 1. The van der Waals surface area contributed by atoms with E-state index in [1.165, 1.54) is 55.2 Å². The summed E-state index contributed by atoms with van der Waals surface area (Å²) in [5.41, 5.74) is 4.61. The lowest BCUT2D eigenvalue weighted by atomic mass is 9.93. The predicted molar refractivity (Wildman–Crippen MR) is 100 cm³/mol. The second kappa shape index (κ2) is 9.92. The summed E-state index contributed by atoms with van der Waals surface area (Å²) >= 11 is 0. The number of aryl methyl sites for hydroxylation is 1. The van der Waals surface area contributed by atoms with Gasteiger partial charge in [0.1, 0.15) is 0 Å². The van der Waals surface area contributed by atoms with Crippen LogP contribution in [-0.4, -0.2) is 11.1 Å². The fraction of sp³-hybridized carbons (Fsp3) is 0.409. The standard InChI is InChI=1S/C22H28O2/c1-2-3-4-5-6-8-13-20-16-18(17-22(23)24)14-15-21(20)19-11-9-7-10-12-19/h7,9-12,14-16H,2-6,8,13,17H2,1H3,(H,23,24). The molecule has 0 aliphatic rings. The summed E-state index contributed by atoms with van der Waals surface area (Å²) in [6, 6.07) is 16.5. The third-order valence-corrected chi connectivity index (χ3v) is 4.41. The minimum atomic E-state index is -0.770. The quantitative estimate of drug-likeness (QED) is 0.554. The zero-order chi connectivity index (χ0) is 17.2. The average molecular weight is 324 g/mol. The van der Waals surface area contributed by atoms with E-state index in [9.17, 15) is 4.79 Å². The van der Waals surface area contributed by atoms with Crippen LogP contribution in [0, 0.1) is 0 Å². The van der Waals surface area contributed by atoms with Crippen molar-refractivity contribution in [2.45, 2.75) is 58.3 Å². The third kappa shape index (κ3) is 5.84. The fourth-order valence-electron chi connectivity index (χ4n) is 3.13. The second-order valence-electron chi connectivity index (χ2n) is 6.45. The molecule has 24 heavy (non-hydrogen) atoms. The Bertz CT molecular complexity index is 632. The molecule has 0 unspecified atom stereocenters. The van der Waals surface area contributed by atoms with Crippen LogP contribution in [0.5, 0.6) is 0 Å². The van der Waals surface area contributed by atoms with Gasteiger partial charge in [0.2, 0.25) is 0 Å². The van der Waals surface area contributed by atoms with Gasteiger partial charge in [0.05, 0.1) is 6.42 Å². The molecule has 0 radical (unpaired) electrons. The van der Waals surface area contributed by atoms with Gasteiger partial charge in [-0.1, -0.05) is 87.6 Å². The van der Waals surface area contributed by atoms with Crippen molar-refractivity contribution in [2.75, 3.05) is 0 Å². The van der Waals surface area contributed by atoms with Gasteiger partial charge in [0, 0.05) is 0 Å². The normalized spacial score (nSPS) is 10.7. The summed E-state index contributed by atoms with van der Waals surface area (Å²) in [6.45, 7) is 2.24. The highest BCUT2D eigenvalue weighted by Gasteiger charge is 2.08. The molecule has 2 aromatic carbocycles. The molecule has 0 fully saturated rings. The molecule has 0 spiro atoms. The number of carboxylic acids is 1. The van der Waals surface area contributed by atoms with Gasteiger partial charge in [-0.3, -0.25) is 4.79 Å². The van der Waals surface area contributed by atoms with E-state index in [0.717, 1.165) is 12.0 Å². The molecule has 2 rings (SSSR count). The number of carboxylic acid groups (broad SMARTS) is 1.